The molecule has 1 atom stereocenters. The number of carbonyl (C=O) groups excluding carboxylic acids is 2. The molecule has 120 valence electrons. The number of thioether (sulfide) groups is 1. The number of pyridine rings is 1. The zero-order valence-electron chi connectivity index (χ0n) is 12.6. The number of nitrogens with zero attached hydrogens (tertiary/aromatic N) is 1. The van der Waals surface area contributed by atoms with Gasteiger partial charge in [-0.1, -0.05) is 24.3 Å². The fourth-order valence-corrected chi connectivity index (χ4v) is 3.78. The van der Waals surface area contributed by atoms with E-state index in [9.17, 15) is 9.59 Å². The largest absolute Gasteiger partial charge is 0.488 e. The molecule has 2 heterocycles. The van der Waals surface area contributed by atoms with Crippen molar-refractivity contribution in [3.8, 4) is 5.75 Å². The van der Waals surface area contributed by atoms with Gasteiger partial charge in [0.2, 0.25) is 5.78 Å². The average Bonchev–Trinajstić information content (AvgIpc) is 2.65. The van der Waals surface area contributed by atoms with Gasteiger partial charge in [0.15, 0.2) is 5.76 Å². The second-order valence-corrected chi connectivity index (χ2v) is 6.44. The van der Waals surface area contributed by atoms with Crippen molar-refractivity contribution in [1.82, 2.24) is 4.98 Å². The third-order valence-corrected chi connectivity index (χ3v) is 5.04. The minimum atomic E-state index is -0.581. The first-order valence-corrected chi connectivity index (χ1v) is 8.47. The second-order valence-electron chi connectivity index (χ2n) is 5.41. The third-order valence-electron chi connectivity index (χ3n) is 3.80. The van der Waals surface area contributed by atoms with E-state index in [1.165, 1.54) is 11.8 Å². The Hall–Kier alpha value is -2.60. The summed E-state index contributed by atoms with van der Waals surface area (Å²) < 4.78 is 11.4. The van der Waals surface area contributed by atoms with Crippen molar-refractivity contribution < 1.29 is 19.1 Å². The van der Waals surface area contributed by atoms with Crippen LogP contribution in [0, 0.1) is 0 Å². The Morgan fingerprint density at radius 3 is 2.75 bits per heavy atom. The van der Waals surface area contributed by atoms with Gasteiger partial charge in [0.05, 0.1) is 11.1 Å². The summed E-state index contributed by atoms with van der Waals surface area (Å²) in [4.78, 5) is 29.3. The van der Waals surface area contributed by atoms with Crippen LogP contribution in [0.25, 0.3) is 4.91 Å². The molecule has 24 heavy (non-hydrogen) atoms. The highest BCUT2D eigenvalue weighted by Gasteiger charge is 2.38. The molecule has 1 unspecified atom stereocenters. The van der Waals surface area contributed by atoms with Crippen LogP contribution < -0.4 is 4.74 Å². The fourth-order valence-electron chi connectivity index (χ4n) is 2.66. The molecule has 0 amide bonds. The van der Waals surface area contributed by atoms with Gasteiger partial charge in [-0.25, -0.2) is 0 Å². The molecule has 0 radical (unpaired) electrons. The predicted molar refractivity (Wildman–Crippen MR) is 89.8 cm³/mol. The first-order chi connectivity index (χ1) is 11.7. The Kier molecular flexibility index (Phi) is 3.82. The standard InChI is InChI=1S/C18H13NO4S/c20-15-13-5-1-2-6-14(13)18-17(16(15)21)23-12(10-24-18)9-22-11-4-3-7-19-8-11/h1-8,12H,9-10H2. The van der Waals surface area contributed by atoms with E-state index in [0.29, 0.717) is 23.7 Å². The molecule has 1 aliphatic heterocycles. The van der Waals surface area contributed by atoms with E-state index in [-0.39, 0.29) is 11.9 Å². The monoisotopic (exact) mass is 339 g/mol. The summed E-state index contributed by atoms with van der Waals surface area (Å²) in [7, 11) is 0. The van der Waals surface area contributed by atoms with Gasteiger partial charge in [-0.15, -0.1) is 11.8 Å². The summed E-state index contributed by atoms with van der Waals surface area (Å²) in [5.41, 5.74) is 1.22. The Balaban J connectivity index is 1.56. The van der Waals surface area contributed by atoms with Crippen LogP contribution in [-0.2, 0) is 9.53 Å². The number of hydrogen-bond acceptors (Lipinski definition) is 6. The van der Waals surface area contributed by atoms with Crippen molar-refractivity contribution in [3.63, 3.8) is 0 Å². The Labute approximate surface area is 142 Å². The molecule has 0 saturated heterocycles. The van der Waals surface area contributed by atoms with Gasteiger partial charge in [-0.3, -0.25) is 14.6 Å². The van der Waals surface area contributed by atoms with Gasteiger partial charge < -0.3 is 9.47 Å². The van der Waals surface area contributed by atoms with Gasteiger partial charge in [0, 0.05) is 23.1 Å². The fraction of sp³-hybridized carbons (Fsp3) is 0.167. The molecule has 1 aromatic heterocycles. The number of rotatable bonds is 3. The number of ether oxygens (including phenoxy) is 2. The van der Waals surface area contributed by atoms with E-state index >= 15 is 0 Å². The first-order valence-electron chi connectivity index (χ1n) is 7.49. The topological polar surface area (TPSA) is 65.5 Å². The van der Waals surface area contributed by atoms with E-state index in [4.69, 9.17) is 9.47 Å². The van der Waals surface area contributed by atoms with E-state index in [1.807, 2.05) is 12.1 Å². The lowest BCUT2D eigenvalue weighted by atomic mass is 9.94. The predicted octanol–water partition coefficient (Wildman–Crippen LogP) is 2.73. The van der Waals surface area contributed by atoms with Crippen LogP contribution in [0.4, 0.5) is 0 Å². The van der Waals surface area contributed by atoms with Crippen molar-refractivity contribution in [2.24, 2.45) is 0 Å². The summed E-state index contributed by atoms with van der Waals surface area (Å²) in [6.07, 6.45) is 2.99. The SMILES string of the molecule is O=C1C(=O)c2ccccc2C2=C1OC(COc1cccnc1)CS2. The van der Waals surface area contributed by atoms with Crippen molar-refractivity contribution in [1.29, 1.82) is 0 Å². The van der Waals surface area contributed by atoms with Gasteiger partial charge in [-0.2, -0.15) is 0 Å². The first kappa shape index (κ1) is 15.0. The molecule has 2 aromatic rings. The minimum absolute atomic E-state index is 0.148. The Morgan fingerprint density at radius 1 is 1.12 bits per heavy atom. The van der Waals surface area contributed by atoms with Crippen molar-refractivity contribution in [2.75, 3.05) is 12.4 Å². The Bertz CT molecular complexity index is 847. The van der Waals surface area contributed by atoms with Crippen molar-refractivity contribution in [2.45, 2.75) is 6.10 Å². The number of carbonyl (C=O) groups is 2. The highest BCUT2D eigenvalue weighted by Crippen LogP contribution is 2.41. The molecule has 2 aliphatic rings. The lowest BCUT2D eigenvalue weighted by Crippen LogP contribution is -2.34. The molecule has 0 spiro atoms. The zero-order chi connectivity index (χ0) is 16.5. The van der Waals surface area contributed by atoms with Crippen LogP contribution in [0.1, 0.15) is 15.9 Å². The molecular formula is C18H13NO4S. The van der Waals surface area contributed by atoms with Crippen molar-refractivity contribution >= 4 is 28.2 Å². The molecular weight excluding hydrogens is 326 g/mol. The normalized spacial score (nSPS) is 19.4. The van der Waals surface area contributed by atoms with Crippen molar-refractivity contribution in [3.05, 3.63) is 65.7 Å². The maximum Gasteiger partial charge on any atom is 0.269 e. The minimum Gasteiger partial charge on any atom is -0.488 e. The van der Waals surface area contributed by atoms with Crippen LogP contribution in [-0.4, -0.2) is 35.0 Å². The van der Waals surface area contributed by atoms with Crippen LogP contribution in [0.3, 0.4) is 0 Å². The number of allylic oxidation sites excluding steroid dienone is 1. The summed E-state index contributed by atoms with van der Waals surface area (Å²) in [6.45, 7) is 0.290. The molecule has 0 N–H and O–H groups in total. The van der Waals surface area contributed by atoms with E-state index in [1.54, 1.807) is 36.7 Å². The molecule has 4 rings (SSSR count). The third kappa shape index (κ3) is 2.59. The maximum atomic E-state index is 12.3. The highest BCUT2D eigenvalue weighted by atomic mass is 32.2. The molecule has 6 heteroatoms. The summed E-state index contributed by atoms with van der Waals surface area (Å²) >= 11 is 1.52. The molecule has 1 aromatic carbocycles. The summed E-state index contributed by atoms with van der Waals surface area (Å²) in [5, 5.41) is 0. The van der Waals surface area contributed by atoms with E-state index in [2.05, 4.69) is 4.98 Å². The van der Waals surface area contributed by atoms with Gasteiger partial charge in [-0.05, 0) is 12.1 Å². The second kappa shape index (κ2) is 6.13. The highest BCUT2D eigenvalue weighted by molar-refractivity contribution is 8.08. The van der Waals surface area contributed by atoms with Gasteiger partial charge in [0.1, 0.15) is 18.5 Å². The molecule has 0 bridgehead atoms. The molecule has 0 saturated carbocycles. The number of ketones is 2. The molecule has 0 fully saturated rings. The average molecular weight is 339 g/mol. The number of benzene rings is 1. The summed E-state index contributed by atoms with van der Waals surface area (Å²) in [6, 6.07) is 10.7. The van der Waals surface area contributed by atoms with Crippen LogP contribution in [0.2, 0.25) is 0 Å². The zero-order valence-corrected chi connectivity index (χ0v) is 13.4. The quantitative estimate of drug-likeness (QED) is 0.801. The number of aromatic nitrogens is 1. The molecule has 5 nitrogen and oxygen atoms in total. The van der Waals surface area contributed by atoms with Crippen LogP contribution >= 0.6 is 11.8 Å². The number of hydrogen-bond donors (Lipinski definition) is 0. The molecule has 1 aliphatic carbocycles. The van der Waals surface area contributed by atoms with Gasteiger partial charge in [0.25, 0.3) is 5.78 Å². The lowest BCUT2D eigenvalue weighted by molar-refractivity contribution is -0.116. The van der Waals surface area contributed by atoms with Crippen LogP contribution in [0.5, 0.6) is 5.75 Å². The van der Waals surface area contributed by atoms with E-state index in [0.717, 1.165) is 10.5 Å². The Morgan fingerprint density at radius 2 is 1.96 bits per heavy atom. The van der Waals surface area contributed by atoms with E-state index < -0.39 is 11.6 Å². The summed E-state index contributed by atoms with van der Waals surface area (Å²) in [5.74, 6) is 0.340. The van der Waals surface area contributed by atoms with Gasteiger partial charge >= 0.3 is 0 Å². The lowest BCUT2D eigenvalue weighted by Gasteiger charge is -2.30. The smallest absolute Gasteiger partial charge is 0.269 e. The van der Waals surface area contributed by atoms with Crippen LogP contribution in [0.15, 0.2) is 54.6 Å². The number of Topliss-reactive ketones (excluding diaryl/α,β-unsaturated/α-hetero) is 2. The maximum absolute atomic E-state index is 12.3. The number of fused-ring (bicyclic) bond motifs is 2.